The number of fused-ring (bicyclic) bond motifs is 3. The number of aromatic amines is 1. The molecule has 1 atom stereocenters. The second kappa shape index (κ2) is 8.27. The Balaban J connectivity index is 1.92. The van der Waals surface area contributed by atoms with E-state index >= 15 is 4.39 Å². The molecule has 1 aliphatic rings. The molecular weight excluding hydrogens is 575 g/mol. The Labute approximate surface area is 211 Å². The number of carbonyl (C=O) groups is 2. The Bertz CT molecular complexity index is 1620. The lowest BCUT2D eigenvalue weighted by Gasteiger charge is -2.20. The van der Waals surface area contributed by atoms with E-state index in [0.29, 0.717) is 6.07 Å². The monoisotopic (exact) mass is 584 g/mol. The van der Waals surface area contributed by atoms with E-state index in [9.17, 15) is 27.2 Å². The van der Waals surface area contributed by atoms with Crippen LogP contribution in [0.5, 0.6) is 0 Å². The molecule has 1 aliphatic heterocycles. The molecule has 0 aliphatic carbocycles. The van der Waals surface area contributed by atoms with E-state index in [4.69, 9.17) is 17.3 Å². The highest BCUT2D eigenvalue weighted by Gasteiger charge is 2.39. The van der Waals surface area contributed by atoms with Crippen LogP contribution >= 0.6 is 27.5 Å². The van der Waals surface area contributed by atoms with E-state index in [-0.39, 0.29) is 48.8 Å². The molecule has 5 rings (SSSR count). The minimum absolute atomic E-state index is 0.0418. The number of aromatic nitrogens is 2. The Morgan fingerprint density at radius 2 is 1.83 bits per heavy atom. The summed E-state index contributed by atoms with van der Waals surface area (Å²) in [5.74, 6) is -4.08. The fourth-order valence-electron chi connectivity index (χ4n) is 4.36. The molecule has 2 heterocycles. The summed E-state index contributed by atoms with van der Waals surface area (Å²) in [6, 6.07) is 4.29. The first-order chi connectivity index (χ1) is 16.9. The summed E-state index contributed by atoms with van der Waals surface area (Å²) in [6.07, 6.45) is -4.96. The highest BCUT2D eigenvalue weighted by molar-refractivity contribution is 9.10. The van der Waals surface area contributed by atoms with Crippen LogP contribution in [0.25, 0.3) is 22.0 Å². The van der Waals surface area contributed by atoms with Crippen molar-refractivity contribution in [2.24, 2.45) is 5.73 Å². The van der Waals surface area contributed by atoms with Crippen LogP contribution in [0, 0.1) is 11.6 Å². The van der Waals surface area contributed by atoms with Crippen molar-refractivity contribution in [3.63, 3.8) is 0 Å². The van der Waals surface area contributed by atoms with Gasteiger partial charge in [-0.15, -0.1) is 0 Å². The normalized spacial score (nSPS) is 15.3. The van der Waals surface area contributed by atoms with Crippen molar-refractivity contribution in [2.75, 3.05) is 0 Å². The van der Waals surface area contributed by atoms with E-state index in [0.717, 1.165) is 12.1 Å². The van der Waals surface area contributed by atoms with Crippen LogP contribution in [-0.4, -0.2) is 22.0 Å². The standard InChI is InChI=1S/C23H11BrClF5N4O2/c24-20-12-6-10(15-11(21(31)35)3-7(4-14(15)27)23(28,29)30)16-17(19(12)33-34-20)22(36)32-18(16)9-5-8(26)1-2-13(9)25/h1-6,18H,(H2,31,35)(H,32,36)(H,33,34). The number of H-pyrrole nitrogens is 1. The first-order valence-corrected chi connectivity index (χ1v) is 11.2. The topological polar surface area (TPSA) is 101 Å². The third-order valence-electron chi connectivity index (χ3n) is 5.86. The number of nitrogens with zero attached hydrogens (tertiary/aromatic N) is 1. The molecule has 1 aromatic heterocycles. The van der Waals surface area contributed by atoms with Crippen LogP contribution in [0.1, 0.15) is 43.4 Å². The third kappa shape index (κ3) is 3.71. The molecule has 1 unspecified atom stereocenters. The zero-order valence-corrected chi connectivity index (χ0v) is 19.9. The SMILES string of the molecule is NC(=O)c1cc(C(F)(F)F)cc(F)c1-c1cc2c(Br)[nH]nc2c2c1C(c1cc(F)ccc1Cl)NC2=O. The van der Waals surface area contributed by atoms with Crippen molar-refractivity contribution in [3.8, 4) is 11.1 Å². The van der Waals surface area contributed by atoms with Crippen LogP contribution in [-0.2, 0) is 6.18 Å². The molecule has 4 N–H and O–H groups in total. The number of benzene rings is 3. The summed E-state index contributed by atoms with van der Waals surface area (Å²) in [7, 11) is 0. The minimum atomic E-state index is -4.96. The van der Waals surface area contributed by atoms with Crippen molar-refractivity contribution in [1.82, 2.24) is 15.5 Å². The van der Waals surface area contributed by atoms with E-state index in [1.54, 1.807) is 0 Å². The van der Waals surface area contributed by atoms with Gasteiger partial charge in [-0.2, -0.15) is 18.3 Å². The number of carbonyl (C=O) groups excluding carboxylic acids is 2. The predicted molar refractivity (Wildman–Crippen MR) is 123 cm³/mol. The molecule has 6 nitrogen and oxygen atoms in total. The van der Waals surface area contributed by atoms with Crippen molar-refractivity contribution >= 4 is 50.2 Å². The fourth-order valence-corrected chi connectivity index (χ4v) is 4.97. The molecule has 36 heavy (non-hydrogen) atoms. The van der Waals surface area contributed by atoms with E-state index < -0.39 is 52.4 Å². The van der Waals surface area contributed by atoms with Gasteiger partial charge in [0, 0.05) is 27.1 Å². The lowest BCUT2D eigenvalue weighted by molar-refractivity contribution is -0.137. The van der Waals surface area contributed by atoms with E-state index in [1.165, 1.54) is 12.1 Å². The maximum absolute atomic E-state index is 15.4. The number of amides is 2. The first-order valence-electron chi connectivity index (χ1n) is 10.1. The molecule has 0 bridgehead atoms. The van der Waals surface area contributed by atoms with E-state index in [2.05, 4.69) is 31.4 Å². The van der Waals surface area contributed by atoms with Gasteiger partial charge < -0.3 is 11.1 Å². The quantitative estimate of drug-likeness (QED) is 0.262. The number of hydrogen-bond acceptors (Lipinski definition) is 3. The molecule has 3 aromatic carbocycles. The van der Waals surface area contributed by atoms with Crippen LogP contribution < -0.4 is 11.1 Å². The smallest absolute Gasteiger partial charge is 0.366 e. The zero-order chi connectivity index (χ0) is 26.1. The molecule has 0 spiro atoms. The molecule has 13 heteroatoms. The number of alkyl halides is 3. The number of nitrogens with two attached hydrogens (primary N) is 1. The van der Waals surface area contributed by atoms with Gasteiger partial charge in [-0.05, 0) is 57.9 Å². The second-order valence-corrected chi connectivity index (χ2v) is 9.16. The Kier molecular flexibility index (Phi) is 5.56. The molecule has 184 valence electrons. The highest BCUT2D eigenvalue weighted by atomic mass is 79.9. The Hall–Kier alpha value is -3.51. The molecule has 0 radical (unpaired) electrons. The largest absolute Gasteiger partial charge is 0.416 e. The van der Waals surface area contributed by atoms with Gasteiger partial charge in [-0.25, -0.2) is 8.78 Å². The summed E-state index contributed by atoms with van der Waals surface area (Å²) in [5, 5.41) is 9.70. The summed E-state index contributed by atoms with van der Waals surface area (Å²) in [4.78, 5) is 25.3. The third-order valence-corrected chi connectivity index (χ3v) is 6.80. The number of hydrogen-bond donors (Lipinski definition) is 3. The lowest BCUT2D eigenvalue weighted by atomic mass is 9.86. The summed E-state index contributed by atoms with van der Waals surface area (Å²) in [6.45, 7) is 0. The molecule has 2 amide bonds. The van der Waals surface area contributed by atoms with Crippen molar-refractivity contribution < 1.29 is 31.5 Å². The van der Waals surface area contributed by atoms with Gasteiger partial charge in [0.25, 0.3) is 5.91 Å². The molecular formula is C23H11BrClF5N4O2. The fraction of sp³-hybridized carbons (Fsp3) is 0.0870. The average molecular weight is 586 g/mol. The molecule has 0 fully saturated rings. The van der Waals surface area contributed by atoms with Gasteiger partial charge in [0.2, 0.25) is 5.91 Å². The highest BCUT2D eigenvalue weighted by Crippen LogP contribution is 2.46. The summed E-state index contributed by atoms with van der Waals surface area (Å²) >= 11 is 9.51. The molecule has 0 saturated carbocycles. The number of halogens is 7. The van der Waals surface area contributed by atoms with Crippen molar-refractivity contribution in [3.05, 3.63) is 85.5 Å². The molecule has 4 aromatic rings. The summed E-state index contributed by atoms with van der Waals surface area (Å²) < 4.78 is 69.9. The van der Waals surface area contributed by atoms with E-state index in [1.807, 2.05) is 0 Å². The number of primary amides is 1. The van der Waals surface area contributed by atoms with Crippen molar-refractivity contribution in [2.45, 2.75) is 12.2 Å². The summed E-state index contributed by atoms with van der Waals surface area (Å²) in [5.41, 5.74) is 2.75. The van der Waals surface area contributed by atoms with Crippen LogP contribution in [0.4, 0.5) is 22.0 Å². The van der Waals surface area contributed by atoms with Crippen LogP contribution in [0.15, 0.2) is 41.0 Å². The van der Waals surface area contributed by atoms with Gasteiger partial charge in [0.1, 0.15) is 21.8 Å². The lowest BCUT2D eigenvalue weighted by Crippen LogP contribution is -2.21. The maximum atomic E-state index is 15.4. The number of rotatable bonds is 3. The second-order valence-electron chi connectivity index (χ2n) is 7.96. The van der Waals surface area contributed by atoms with Gasteiger partial charge >= 0.3 is 6.18 Å². The van der Waals surface area contributed by atoms with Gasteiger partial charge in [0.05, 0.1) is 22.7 Å². The van der Waals surface area contributed by atoms with Gasteiger partial charge in [-0.3, -0.25) is 14.7 Å². The maximum Gasteiger partial charge on any atom is 0.416 e. The predicted octanol–water partition coefficient (Wildman–Crippen LogP) is 5.87. The molecule has 0 saturated heterocycles. The van der Waals surface area contributed by atoms with Crippen molar-refractivity contribution in [1.29, 1.82) is 0 Å². The zero-order valence-electron chi connectivity index (χ0n) is 17.5. The first kappa shape index (κ1) is 24.2. The van der Waals surface area contributed by atoms with Crippen LogP contribution in [0.2, 0.25) is 5.02 Å². The number of nitrogens with one attached hydrogen (secondary N) is 2. The minimum Gasteiger partial charge on any atom is -0.366 e. The van der Waals surface area contributed by atoms with Gasteiger partial charge in [-0.1, -0.05) is 11.6 Å². The Morgan fingerprint density at radius 3 is 2.50 bits per heavy atom. The average Bonchev–Trinajstić information content (AvgIpc) is 3.33. The Morgan fingerprint density at radius 1 is 1.11 bits per heavy atom. The van der Waals surface area contributed by atoms with Gasteiger partial charge in [0.15, 0.2) is 0 Å². The van der Waals surface area contributed by atoms with Crippen LogP contribution in [0.3, 0.4) is 0 Å².